The van der Waals surface area contributed by atoms with Crippen molar-refractivity contribution in [3.8, 4) is 0 Å². The Balaban J connectivity index is 1.61. The fourth-order valence-electron chi connectivity index (χ4n) is 6.24. The minimum atomic E-state index is -4.90. The Labute approximate surface area is 302 Å². The van der Waals surface area contributed by atoms with Crippen molar-refractivity contribution in [1.82, 2.24) is 10.2 Å². The standard InChI is InChI=1S/C39H41ClF3N3O4S/c1-27-13-17-30(18-14-27)25-45(36(23-29-9-5-3-6-10-29)38(48)44-31-11-7-4-8-12-31)37(47)26-46(51(49,50)33-20-15-28(2)16-21-33)32-19-22-35(40)34(24-32)39(41,42)43/h3,5-6,9-10,13-22,24,31,36H,4,7-8,11-12,23,25-26H2,1-2H3,(H,44,48)/t36-/m1/s1. The molecule has 0 saturated heterocycles. The zero-order chi connectivity index (χ0) is 36.8. The van der Waals surface area contributed by atoms with Crippen molar-refractivity contribution in [2.24, 2.45) is 0 Å². The Bertz CT molecular complexity index is 1920. The number of nitrogens with one attached hydrogen (secondary N) is 1. The number of aryl methyl sites for hydroxylation is 2. The second-order valence-electron chi connectivity index (χ2n) is 13.0. The number of benzene rings is 4. The molecular weight excluding hydrogens is 699 g/mol. The largest absolute Gasteiger partial charge is 0.417 e. The molecule has 12 heteroatoms. The van der Waals surface area contributed by atoms with Gasteiger partial charge in [0.05, 0.1) is 21.2 Å². The average Bonchev–Trinajstić information content (AvgIpc) is 3.10. The highest BCUT2D eigenvalue weighted by molar-refractivity contribution is 7.92. The quantitative estimate of drug-likeness (QED) is 0.159. The van der Waals surface area contributed by atoms with Gasteiger partial charge in [-0.05, 0) is 68.1 Å². The summed E-state index contributed by atoms with van der Waals surface area (Å²) in [5, 5.41) is 2.52. The van der Waals surface area contributed by atoms with Crippen LogP contribution in [0.15, 0.2) is 102 Å². The van der Waals surface area contributed by atoms with Crippen LogP contribution in [0.5, 0.6) is 0 Å². The van der Waals surface area contributed by atoms with Gasteiger partial charge >= 0.3 is 6.18 Å². The van der Waals surface area contributed by atoms with Crippen molar-refractivity contribution >= 4 is 39.1 Å². The van der Waals surface area contributed by atoms with Crippen molar-refractivity contribution in [1.29, 1.82) is 0 Å². The highest BCUT2D eigenvalue weighted by atomic mass is 35.5. The summed E-state index contributed by atoms with van der Waals surface area (Å²) in [5.74, 6) is -1.15. The van der Waals surface area contributed by atoms with E-state index >= 15 is 0 Å². The molecular formula is C39H41ClF3N3O4S. The molecule has 5 rings (SSSR count). The van der Waals surface area contributed by atoms with Crippen LogP contribution in [0.1, 0.15) is 59.9 Å². The lowest BCUT2D eigenvalue weighted by Gasteiger charge is -2.35. The maximum atomic E-state index is 14.7. The van der Waals surface area contributed by atoms with E-state index in [2.05, 4.69) is 5.32 Å². The molecule has 4 aromatic carbocycles. The van der Waals surface area contributed by atoms with E-state index < -0.39 is 51.0 Å². The third-order valence-corrected chi connectivity index (χ3v) is 11.2. The number of alkyl halides is 3. The maximum absolute atomic E-state index is 14.7. The van der Waals surface area contributed by atoms with Crippen molar-refractivity contribution in [2.45, 2.75) is 82.1 Å². The van der Waals surface area contributed by atoms with Crippen LogP contribution in [0, 0.1) is 13.8 Å². The Morgan fingerprint density at radius 1 is 0.843 bits per heavy atom. The van der Waals surface area contributed by atoms with E-state index in [0.29, 0.717) is 15.9 Å². The van der Waals surface area contributed by atoms with Crippen LogP contribution in [0.4, 0.5) is 18.9 Å². The summed E-state index contributed by atoms with van der Waals surface area (Å²) in [5.41, 5.74) is 1.56. The third kappa shape index (κ3) is 9.71. The molecule has 4 aromatic rings. The summed E-state index contributed by atoms with van der Waals surface area (Å²) < 4.78 is 71.3. The minimum Gasteiger partial charge on any atom is -0.352 e. The van der Waals surface area contributed by atoms with E-state index in [1.54, 1.807) is 19.1 Å². The molecule has 270 valence electrons. The third-order valence-electron chi connectivity index (χ3n) is 9.13. The molecule has 7 nitrogen and oxygen atoms in total. The summed E-state index contributed by atoms with van der Waals surface area (Å²) in [6.45, 7) is 2.74. The van der Waals surface area contributed by atoms with Gasteiger partial charge in [-0.1, -0.05) is 109 Å². The number of carbonyl (C=O) groups is 2. The highest BCUT2D eigenvalue weighted by Crippen LogP contribution is 2.38. The van der Waals surface area contributed by atoms with E-state index in [1.165, 1.54) is 17.0 Å². The molecule has 0 unspecified atom stereocenters. The van der Waals surface area contributed by atoms with E-state index in [9.17, 15) is 31.2 Å². The van der Waals surface area contributed by atoms with Gasteiger partial charge < -0.3 is 10.2 Å². The maximum Gasteiger partial charge on any atom is 0.417 e. The summed E-state index contributed by atoms with van der Waals surface area (Å²) >= 11 is 5.92. The van der Waals surface area contributed by atoms with Crippen LogP contribution in [-0.4, -0.2) is 43.8 Å². The zero-order valence-corrected chi connectivity index (χ0v) is 30.1. The van der Waals surface area contributed by atoms with E-state index in [4.69, 9.17) is 11.6 Å². The van der Waals surface area contributed by atoms with Gasteiger partial charge in [0.1, 0.15) is 12.6 Å². The molecule has 0 heterocycles. The van der Waals surface area contributed by atoms with Gasteiger partial charge in [0.2, 0.25) is 11.8 Å². The molecule has 0 spiro atoms. The topological polar surface area (TPSA) is 86.8 Å². The van der Waals surface area contributed by atoms with Gasteiger partial charge in [0.25, 0.3) is 10.0 Å². The Morgan fingerprint density at radius 2 is 1.45 bits per heavy atom. The molecule has 0 aliphatic heterocycles. The lowest BCUT2D eigenvalue weighted by Crippen LogP contribution is -2.55. The van der Waals surface area contributed by atoms with Gasteiger partial charge in [-0.2, -0.15) is 13.2 Å². The molecule has 1 N–H and O–H groups in total. The summed E-state index contributed by atoms with van der Waals surface area (Å²) in [6, 6.07) is 23.9. The summed E-state index contributed by atoms with van der Waals surface area (Å²) in [6.07, 6.45) is -0.163. The molecule has 1 aliphatic rings. The number of anilines is 1. The highest BCUT2D eigenvalue weighted by Gasteiger charge is 2.38. The number of carbonyl (C=O) groups excluding carboxylic acids is 2. The van der Waals surface area contributed by atoms with E-state index in [0.717, 1.165) is 60.9 Å². The molecule has 1 atom stereocenters. The van der Waals surface area contributed by atoms with E-state index in [1.807, 2.05) is 61.5 Å². The minimum absolute atomic E-state index is 0.0540. The molecule has 1 saturated carbocycles. The predicted molar refractivity (Wildman–Crippen MR) is 193 cm³/mol. The van der Waals surface area contributed by atoms with Crippen LogP contribution in [0.3, 0.4) is 0 Å². The summed E-state index contributed by atoms with van der Waals surface area (Å²) in [7, 11) is -4.61. The normalized spacial score (nSPS) is 14.5. The van der Waals surface area contributed by atoms with Crippen molar-refractivity contribution in [3.63, 3.8) is 0 Å². The van der Waals surface area contributed by atoms with Gasteiger partial charge in [0, 0.05) is 19.0 Å². The van der Waals surface area contributed by atoms with Gasteiger partial charge in [-0.15, -0.1) is 0 Å². The number of amides is 2. The fourth-order valence-corrected chi connectivity index (χ4v) is 7.87. The molecule has 1 aliphatic carbocycles. The summed E-state index contributed by atoms with van der Waals surface area (Å²) in [4.78, 5) is 30.1. The molecule has 0 bridgehead atoms. The number of rotatable bonds is 12. The van der Waals surface area contributed by atoms with Crippen LogP contribution in [-0.2, 0) is 38.8 Å². The first-order valence-electron chi connectivity index (χ1n) is 16.9. The predicted octanol–water partition coefficient (Wildman–Crippen LogP) is 8.26. The lowest BCUT2D eigenvalue weighted by molar-refractivity contribution is -0.140. The smallest absolute Gasteiger partial charge is 0.352 e. The van der Waals surface area contributed by atoms with Crippen LogP contribution in [0.25, 0.3) is 0 Å². The number of nitrogens with zero attached hydrogens (tertiary/aromatic N) is 2. The SMILES string of the molecule is Cc1ccc(CN(C(=O)CN(c2ccc(Cl)c(C(F)(F)F)c2)S(=O)(=O)c2ccc(C)cc2)[C@H](Cc2ccccc2)C(=O)NC2CCCCC2)cc1. The lowest BCUT2D eigenvalue weighted by atomic mass is 9.94. The first-order valence-corrected chi connectivity index (χ1v) is 18.7. The van der Waals surface area contributed by atoms with Crippen LogP contribution < -0.4 is 9.62 Å². The number of halogens is 4. The molecule has 0 aromatic heterocycles. The fraction of sp³-hybridized carbons (Fsp3) is 0.333. The van der Waals surface area contributed by atoms with E-state index in [-0.39, 0.29) is 29.8 Å². The van der Waals surface area contributed by atoms with Crippen molar-refractivity contribution < 1.29 is 31.2 Å². The molecule has 1 fully saturated rings. The van der Waals surface area contributed by atoms with Gasteiger partial charge in [-0.3, -0.25) is 13.9 Å². The Hall–Kier alpha value is -4.35. The monoisotopic (exact) mass is 739 g/mol. The van der Waals surface area contributed by atoms with Crippen LogP contribution in [0.2, 0.25) is 5.02 Å². The number of sulfonamides is 1. The number of hydrogen-bond donors (Lipinski definition) is 1. The first kappa shape index (κ1) is 37.9. The van der Waals surface area contributed by atoms with Crippen molar-refractivity contribution in [2.75, 3.05) is 10.8 Å². The van der Waals surface area contributed by atoms with Gasteiger partial charge in [0.15, 0.2) is 0 Å². The molecule has 51 heavy (non-hydrogen) atoms. The molecule has 0 radical (unpaired) electrons. The first-order chi connectivity index (χ1) is 24.2. The van der Waals surface area contributed by atoms with Crippen LogP contribution >= 0.6 is 11.6 Å². The molecule has 2 amide bonds. The Kier molecular flexibility index (Phi) is 12.1. The van der Waals surface area contributed by atoms with Gasteiger partial charge in [-0.25, -0.2) is 8.42 Å². The number of hydrogen-bond acceptors (Lipinski definition) is 4. The average molecular weight is 740 g/mol. The Morgan fingerprint density at radius 3 is 2.06 bits per heavy atom. The second kappa shape index (κ2) is 16.3. The second-order valence-corrected chi connectivity index (χ2v) is 15.3. The van der Waals surface area contributed by atoms with Crippen molar-refractivity contribution in [3.05, 3.63) is 130 Å². The zero-order valence-electron chi connectivity index (χ0n) is 28.5.